The number of piperidine rings is 2. The molecule has 13 heteroatoms. The Labute approximate surface area is 254 Å². The van der Waals surface area contributed by atoms with Gasteiger partial charge in [0.15, 0.2) is 0 Å². The lowest BCUT2D eigenvalue weighted by Crippen LogP contribution is -2.80. The summed E-state index contributed by atoms with van der Waals surface area (Å²) in [5, 5.41) is 22.6. The number of rotatable bonds is 4. The Morgan fingerprint density at radius 1 is 1.26 bits per heavy atom. The number of nitrogens with zero attached hydrogens (tertiary/aromatic N) is 5. The lowest BCUT2D eigenvalue weighted by Gasteiger charge is -2.60. The number of hydrazine groups is 2. The van der Waals surface area contributed by atoms with Crippen LogP contribution in [0.4, 0.5) is 9.18 Å². The molecule has 6 fully saturated rings. The number of hydrogen-bond donors (Lipinski definition) is 5. The van der Waals surface area contributed by atoms with Crippen LogP contribution in [-0.2, 0) is 4.79 Å². The van der Waals surface area contributed by atoms with Gasteiger partial charge in [-0.2, -0.15) is 10.8 Å². The smallest absolute Gasteiger partial charge is 0.320 e. The Bertz CT molecular complexity index is 1100. The minimum Gasteiger partial charge on any atom is -0.332 e. The van der Waals surface area contributed by atoms with Crippen molar-refractivity contribution in [3.63, 3.8) is 0 Å². The van der Waals surface area contributed by atoms with E-state index >= 15 is 4.39 Å². The zero-order chi connectivity index (χ0) is 30.4. The summed E-state index contributed by atoms with van der Waals surface area (Å²) in [5.74, 6) is 0.243. The predicted molar refractivity (Wildman–Crippen MR) is 159 cm³/mol. The summed E-state index contributed by atoms with van der Waals surface area (Å²) in [4.78, 5) is 33.1. The lowest BCUT2D eigenvalue weighted by atomic mass is 9.76. The Morgan fingerprint density at radius 2 is 2.07 bits per heavy atom. The second kappa shape index (κ2) is 12.6. The molecule has 11 atom stereocenters. The fraction of sp³-hybridized carbons (Fsp3) is 0.833. The van der Waals surface area contributed by atoms with E-state index in [0.29, 0.717) is 37.9 Å². The average molecular weight is 601 g/mol. The summed E-state index contributed by atoms with van der Waals surface area (Å²) in [6.45, 7) is 13.3. The quantitative estimate of drug-likeness (QED) is 0.293. The molecule has 0 saturated carbocycles. The Hall–Kier alpha value is -2.34. The molecule has 43 heavy (non-hydrogen) atoms. The molecule has 6 aliphatic heterocycles. The number of halogens is 1. The average Bonchev–Trinajstić information content (AvgIpc) is 3.44. The summed E-state index contributed by atoms with van der Waals surface area (Å²) in [5.41, 5.74) is 6.51. The number of carbonyl (C=O) groups is 2. The van der Waals surface area contributed by atoms with Gasteiger partial charge < -0.3 is 20.4 Å². The molecule has 0 radical (unpaired) electrons. The molecule has 0 aromatic rings. The number of nitriles is 1. The van der Waals surface area contributed by atoms with Crippen molar-refractivity contribution < 1.29 is 14.0 Å². The van der Waals surface area contributed by atoms with Crippen LogP contribution in [0, 0.1) is 29.1 Å². The molecular formula is C30H49FN10O2. The molecule has 0 aromatic carbocycles. The first-order chi connectivity index (χ1) is 20.7. The molecule has 12 nitrogen and oxygen atoms in total. The van der Waals surface area contributed by atoms with Crippen LogP contribution in [0.2, 0.25) is 0 Å². The van der Waals surface area contributed by atoms with Crippen molar-refractivity contribution >= 4 is 11.9 Å². The summed E-state index contributed by atoms with van der Waals surface area (Å²) >= 11 is 0. The topological polar surface area (TPSA) is 131 Å². The van der Waals surface area contributed by atoms with Crippen molar-refractivity contribution in [1.82, 2.24) is 46.6 Å². The standard InChI is InChI=1S/C30H49FN10O2/c1-5-24(42)39-15-18(4)38(16-20(39)8-10-32)28-21-13-22(31)26-23-14-34-37-40(23)12-6-7-19-9-11-33-25(17(2)3)27(19)41(29(21)35-26)30(43)36-28/h5,17-23,25-29,33-35,37H,1,6-9,11-16H2,2-4H3,(H,36,43). The molecule has 6 heterocycles. The second-order valence-electron chi connectivity index (χ2n) is 13.8. The van der Waals surface area contributed by atoms with E-state index in [9.17, 15) is 14.9 Å². The molecule has 0 aromatic heterocycles. The van der Waals surface area contributed by atoms with Gasteiger partial charge in [-0.05, 0) is 57.1 Å². The van der Waals surface area contributed by atoms with Crippen LogP contribution in [0.5, 0.6) is 0 Å². The Balaban J connectivity index is 1.37. The van der Waals surface area contributed by atoms with Gasteiger partial charge in [-0.1, -0.05) is 20.4 Å². The van der Waals surface area contributed by atoms with Gasteiger partial charge >= 0.3 is 6.03 Å². The highest BCUT2D eigenvalue weighted by atomic mass is 19.1. The number of fused-ring (bicyclic) bond motifs is 5. The zero-order valence-corrected chi connectivity index (χ0v) is 25.7. The maximum atomic E-state index is 16.4. The molecule has 0 aliphatic carbocycles. The fourth-order valence-corrected chi connectivity index (χ4v) is 8.98. The maximum Gasteiger partial charge on any atom is 0.320 e. The van der Waals surface area contributed by atoms with Gasteiger partial charge in [0.1, 0.15) is 6.17 Å². The van der Waals surface area contributed by atoms with Crippen molar-refractivity contribution in [1.29, 1.82) is 5.26 Å². The molecule has 0 spiro atoms. The normalized spacial score (nSPS) is 42.3. The van der Waals surface area contributed by atoms with Gasteiger partial charge in [-0.3, -0.25) is 15.0 Å². The first-order valence-corrected chi connectivity index (χ1v) is 16.3. The van der Waals surface area contributed by atoms with Crippen molar-refractivity contribution in [3.8, 4) is 6.07 Å². The van der Waals surface area contributed by atoms with Gasteiger partial charge in [0.2, 0.25) is 5.91 Å². The zero-order valence-electron chi connectivity index (χ0n) is 25.7. The monoisotopic (exact) mass is 600 g/mol. The van der Waals surface area contributed by atoms with E-state index in [4.69, 9.17) is 0 Å². The number of nitrogens with one attached hydrogen (secondary N) is 5. The summed E-state index contributed by atoms with van der Waals surface area (Å²) in [7, 11) is 0. The Kier molecular flexibility index (Phi) is 8.97. The van der Waals surface area contributed by atoms with Gasteiger partial charge in [0.25, 0.3) is 0 Å². The van der Waals surface area contributed by atoms with Crippen LogP contribution in [0.1, 0.15) is 52.9 Å². The van der Waals surface area contributed by atoms with Crippen LogP contribution in [0.15, 0.2) is 12.7 Å². The first-order valence-electron chi connectivity index (χ1n) is 16.3. The fourth-order valence-electron chi connectivity index (χ4n) is 8.98. The number of alkyl halides is 1. The van der Waals surface area contributed by atoms with Gasteiger partial charge in [0.05, 0.1) is 49.0 Å². The first kappa shape index (κ1) is 30.7. The van der Waals surface area contributed by atoms with E-state index in [-0.39, 0.29) is 60.7 Å². The van der Waals surface area contributed by atoms with Crippen molar-refractivity contribution in [3.05, 3.63) is 12.7 Å². The maximum absolute atomic E-state index is 16.4. The third kappa shape index (κ3) is 5.55. The molecule has 2 bridgehead atoms. The van der Waals surface area contributed by atoms with E-state index in [1.54, 1.807) is 4.90 Å². The molecule has 6 saturated heterocycles. The predicted octanol–water partition coefficient (Wildman–Crippen LogP) is 0.471. The van der Waals surface area contributed by atoms with Crippen LogP contribution < -0.4 is 26.9 Å². The molecule has 3 amide bonds. The highest BCUT2D eigenvalue weighted by molar-refractivity contribution is 5.87. The van der Waals surface area contributed by atoms with Gasteiger partial charge in [-0.25, -0.2) is 19.6 Å². The lowest BCUT2D eigenvalue weighted by molar-refractivity contribution is -0.136. The van der Waals surface area contributed by atoms with Crippen molar-refractivity contribution in [2.75, 3.05) is 32.7 Å². The largest absolute Gasteiger partial charge is 0.332 e. The highest BCUT2D eigenvalue weighted by Gasteiger charge is 2.57. The molecule has 11 unspecified atom stereocenters. The van der Waals surface area contributed by atoms with E-state index in [0.717, 1.165) is 32.4 Å². The number of amides is 3. The third-order valence-electron chi connectivity index (χ3n) is 11.0. The van der Waals surface area contributed by atoms with Gasteiger partial charge in [-0.15, -0.1) is 0 Å². The van der Waals surface area contributed by atoms with Crippen LogP contribution in [0.3, 0.4) is 0 Å². The number of hydrogen-bond acceptors (Lipinski definition) is 9. The summed E-state index contributed by atoms with van der Waals surface area (Å²) in [6, 6.07) is 1.29. The number of urea groups is 1. The SMILES string of the molecule is C=CC(=O)N1CC(C)N(C2NC(=O)N3C4NC(C(F)CC24)C2CNNN2CCCC2CCNC(C(C)C)C23)CC1CC#N. The van der Waals surface area contributed by atoms with E-state index < -0.39 is 18.4 Å². The minimum atomic E-state index is -1.11. The minimum absolute atomic E-state index is 0.0173. The van der Waals surface area contributed by atoms with Crippen LogP contribution in [0.25, 0.3) is 0 Å². The summed E-state index contributed by atoms with van der Waals surface area (Å²) < 4.78 is 16.4. The number of carbonyl (C=O) groups excluding carboxylic acids is 2. The molecule has 6 aliphatic rings. The third-order valence-corrected chi connectivity index (χ3v) is 11.0. The van der Waals surface area contributed by atoms with Gasteiger partial charge in [0, 0.05) is 44.2 Å². The molecular weight excluding hydrogens is 551 g/mol. The van der Waals surface area contributed by atoms with Crippen molar-refractivity contribution in [2.24, 2.45) is 17.8 Å². The van der Waals surface area contributed by atoms with Crippen molar-refractivity contribution in [2.45, 2.75) is 108 Å². The highest BCUT2D eigenvalue weighted by Crippen LogP contribution is 2.41. The molecule has 6 rings (SSSR count). The molecule has 238 valence electrons. The van der Waals surface area contributed by atoms with E-state index in [2.05, 4.69) is 68.2 Å². The van der Waals surface area contributed by atoms with Crippen LogP contribution >= 0.6 is 0 Å². The molecule has 5 N–H and O–H groups in total. The number of piperazine rings is 1. The van der Waals surface area contributed by atoms with Crippen LogP contribution in [-0.4, -0.2) is 119 Å². The van der Waals surface area contributed by atoms with E-state index in [1.807, 2.05) is 6.92 Å². The summed E-state index contributed by atoms with van der Waals surface area (Å²) in [6.07, 6.45) is 2.88. The van der Waals surface area contributed by atoms with E-state index in [1.165, 1.54) is 6.08 Å². The second-order valence-corrected chi connectivity index (χ2v) is 13.8. The Morgan fingerprint density at radius 3 is 2.81 bits per heavy atom.